The molecule has 2 aromatic heterocycles. The van der Waals surface area contributed by atoms with Gasteiger partial charge in [0.2, 0.25) is 0 Å². The fourth-order valence-electron chi connectivity index (χ4n) is 3.56. The van der Waals surface area contributed by atoms with Crippen molar-refractivity contribution in [2.45, 2.75) is 6.54 Å². The monoisotopic (exact) mass is 489 g/mol. The maximum absolute atomic E-state index is 14.3. The number of likely N-dealkylation sites (N-methyl/N-ethyl adjacent to an activating group) is 1. The summed E-state index contributed by atoms with van der Waals surface area (Å²) in [4.78, 5) is 37.1. The molecule has 1 aliphatic rings. The summed E-state index contributed by atoms with van der Waals surface area (Å²) < 4.78 is 14.3. The lowest BCUT2D eigenvalue weighted by Gasteiger charge is -2.32. The van der Waals surface area contributed by atoms with Crippen molar-refractivity contribution in [2.24, 2.45) is 0 Å². The van der Waals surface area contributed by atoms with Gasteiger partial charge in [-0.1, -0.05) is 23.2 Å². The number of hydrogen-bond donors (Lipinski definition) is 2. The number of pyridine rings is 1. The molecule has 172 valence electrons. The fourth-order valence-corrected chi connectivity index (χ4v) is 3.95. The van der Waals surface area contributed by atoms with E-state index in [1.165, 1.54) is 24.4 Å². The number of ketones is 1. The molecule has 0 saturated carbocycles. The second kappa shape index (κ2) is 10.0. The van der Waals surface area contributed by atoms with Gasteiger partial charge in [0.25, 0.3) is 5.91 Å². The highest BCUT2D eigenvalue weighted by atomic mass is 35.5. The second-order valence-electron chi connectivity index (χ2n) is 7.92. The molecule has 0 spiro atoms. The van der Waals surface area contributed by atoms with Gasteiger partial charge < -0.3 is 15.2 Å². The zero-order valence-corrected chi connectivity index (χ0v) is 19.4. The Balaban J connectivity index is 1.40. The van der Waals surface area contributed by atoms with Crippen LogP contribution in [0.2, 0.25) is 10.0 Å². The zero-order chi connectivity index (χ0) is 23.5. The predicted octanol–water partition coefficient (Wildman–Crippen LogP) is 4.09. The lowest BCUT2D eigenvalue weighted by molar-refractivity contribution is 0.102. The first-order valence-corrected chi connectivity index (χ1v) is 11.1. The number of H-pyrrole nitrogens is 1. The molecule has 0 unspecified atom stereocenters. The minimum absolute atomic E-state index is 0.0585. The summed E-state index contributed by atoms with van der Waals surface area (Å²) >= 11 is 11.7. The molecule has 10 heteroatoms. The largest absolute Gasteiger partial charge is 0.356 e. The molecule has 0 bridgehead atoms. The SMILES string of the molecule is CN1CCN(Cc2ccc(NC(=O)c3cc(C(=O)c4c(Cl)ccc(Cl)c4F)c[nH]3)cn2)CC1. The molecule has 33 heavy (non-hydrogen) atoms. The number of carbonyl (C=O) groups is 2. The number of nitrogens with zero attached hydrogens (tertiary/aromatic N) is 3. The first kappa shape index (κ1) is 23.4. The summed E-state index contributed by atoms with van der Waals surface area (Å²) in [7, 11) is 2.11. The van der Waals surface area contributed by atoms with Gasteiger partial charge in [-0.3, -0.25) is 19.5 Å². The summed E-state index contributed by atoms with van der Waals surface area (Å²) in [5, 5.41) is 2.47. The number of rotatable bonds is 6. The normalized spacial score (nSPS) is 14.9. The molecular formula is C23H22Cl2FN5O2. The molecule has 1 aromatic carbocycles. The number of benzene rings is 1. The number of anilines is 1. The van der Waals surface area contributed by atoms with Gasteiger partial charge in [0, 0.05) is 44.5 Å². The Hall–Kier alpha value is -2.78. The Bertz CT molecular complexity index is 1170. The molecule has 1 fully saturated rings. The van der Waals surface area contributed by atoms with E-state index in [4.69, 9.17) is 23.2 Å². The first-order chi connectivity index (χ1) is 15.8. The third kappa shape index (κ3) is 5.42. The van der Waals surface area contributed by atoms with Crippen LogP contribution in [0.25, 0.3) is 0 Å². The molecule has 3 aromatic rings. The Morgan fingerprint density at radius 2 is 1.85 bits per heavy atom. The maximum atomic E-state index is 14.3. The average molecular weight is 490 g/mol. The van der Waals surface area contributed by atoms with Gasteiger partial charge in [-0.25, -0.2) is 4.39 Å². The molecule has 1 aliphatic heterocycles. The molecule has 0 atom stereocenters. The quantitative estimate of drug-likeness (QED) is 0.402. The topological polar surface area (TPSA) is 81.3 Å². The Morgan fingerprint density at radius 1 is 1.12 bits per heavy atom. The lowest BCUT2D eigenvalue weighted by atomic mass is 10.0. The third-order valence-corrected chi connectivity index (χ3v) is 6.13. The highest BCUT2D eigenvalue weighted by Crippen LogP contribution is 2.28. The average Bonchev–Trinajstić information content (AvgIpc) is 3.30. The van der Waals surface area contributed by atoms with Gasteiger partial charge in [0.15, 0.2) is 11.6 Å². The van der Waals surface area contributed by atoms with Gasteiger partial charge in [-0.2, -0.15) is 0 Å². The molecule has 4 rings (SSSR count). The van der Waals surface area contributed by atoms with Crippen molar-refractivity contribution in [2.75, 3.05) is 38.5 Å². The molecule has 2 N–H and O–H groups in total. The van der Waals surface area contributed by atoms with E-state index in [1.807, 2.05) is 6.07 Å². The summed E-state index contributed by atoms with van der Waals surface area (Å²) in [6.07, 6.45) is 2.92. The Kier molecular flexibility index (Phi) is 7.09. The van der Waals surface area contributed by atoms with Gasteiger partial charge >= 0.3 is 0 Å². The number of carbonyl (C=O) groups excluding carboxylic acids is 2. The zero-order valence-electron chi connectivity index (χ0n) is 17.9. The lowest BCUT2D eigenvalue weighted by Crippen LogP contribution is -2.43. The van der Waals surface area contributed by atoms with Crippen molar-refractivity contribution in [3.63, 3.8) is 0 Å². The fraction of sp³-hybridized carbons (Fsp3) is 0.261. The van der Waals surface area contributed by atoms with Crippen LogP contribution in [0, 0.1) is 5.82 Å². The summed E-state index contributed by atoms with van der Waals surface area (Å²) in [5.41, 5.74) is 1.33. The number of hydrogen-bond acceptors (Lipinski definition) is 5. The van der Waals surface area contributed by atoms with Crippen molar-refractivity contribution < 1.29 is 14.0 Å². The van der Waals surface area contributed by atoms with Crippen molar-refractivity contribution >= 4 is 40.6 Å². The number of nitrogens with one attached hydrogen (secondary N) is 2. The standard InChI is InChI=1S/C23H22Cl2FN5O2/c1-30-6-8-31(9-7-30)13-16-3-2-15(12-27-16)29-23(33)19-10-14(11-28-19)22(32)20-17(24)4-5-18(25)21(20)26/h2-5,10-12,28H,6-9,13H2,1H3,(H,29,33). The molecule has 3 heterocycles. The summed E-state index contributed by atoms with van der Waals surface area (Å²) in [5.74, 6) is -2.03. The predicted molar refractivity (Wildman–Crippen MR) is 126 cm³/mol. The minimum Gasteiger partial charge on any atom is -0.356 e. The number of aromatic nitrogens is 2. The maximum Gasteiger partial charge on any atom is 0.272 e. The number of halogens is 3. The second-order valence-corrected chi connectivity index (χ2v) is 8.74. The highest BCUT2D eigenvalue weighted by Gasteiger charge is 2.22. The summed E-state index contributed by atoms with van der Waals surface area (Å²) in [6, 6.07) is 7.62. The molecule has 7 nitrogen and oxygen atoms in total. The van der Waals surface area contributed by atoms with Crippen LogP contribution in [0.1, 0.15) is 32.1 Å². The van der Waals surface area contributed by atoms with Crippen LogP contribution in [0.5, 0.6) is 0 Å². The van der Waals surface area contributed by atoms with E-state index in [0.29, 0.717) is 5.69 Å². The third-order valence-electron chi connectivity index (χ3n) is 5.52. The highest BCUT2D eigenvalue weighted by molar-refractivity contribution is 6.37. The number of amides is 1. The molecule has 0 radical (unpaired) electrons. The van der Waals surface area contributed by atoms with Crippen molar-refractivity contribution in [3.8, 4) is 0 Å². The van der Waals surface area contributed by atoms with Gasteiger partial charge in [0.05, 0.1) is 33.2 Å². The van der Waals surface area contributed by atoms with Crippen LogP contribution in [-0.4, -0.2) is 64.7 Å². The molecule has 1 amide bonds. The van der Waals surface area contributed by atoms with E-state index >= 15 is 0 Å². The Labute approximate surface area is 200 Å². The van der Waals surface area contributed by atoms with Crippen LogP contribution in [0.3, 0.4) is 0 Å². The molecule has 0 aliphatic carbocycles. The molecule has 1 saturated heterocycles. The van der Waals surface area contributed by atoms with Gasteiger partial charge in [0.1, 0.15) is 5.69 Å². The summed E-state index contributed by atoms with van der Waals surface area (Å²) in [6.45, 7) is 4.81. The Morgan fingerprint density at radius 3 is 2.55 bits per heavy atom. The van der Waals surface area contributed by atoms with E-state index in [0.717, 1.165) is 38.4 Å². The van der Waals surface area contributed by atoms with E-state index in [9.17, 15) is 14.0 Å². The van der Waals surface area contributed by atoms with Crippen molar-refractivity contribution in [3.05, 3.63) is 81.1 Å². The minimum atomic E-state index is -0.899. The first-order valence-electron chi connectivity index (χ1n) is 10.4. The van der Waals surface area contributed by atoms with Crippen LogP contribution in [0.15, 0.2) is 42.7 Å². The van der Waals surface area contributed by atoms with Crippen LogP contribution in [-0.2, 0) is 6.54 Å². The van der Waals surface area contributed by atoms with Crippen LogP contribution in [0.4, 0.5) is 10.1 Å². The van der Waals surface area contributed by atoms with E-state index in [-0.39, 0.29) is 26.9 Å². The number of piperazine rings is 1. The van der Waals surface area contributed by atoms with E-state index in [1.54, 1.807) is 12.3 Å². The molecular weight excluding hydrogens is 468 g/mol. The van der Waals surface area contributed by atoms with Crippen LogP contribution >= 0.6 is 23.2 Å². The van der Waals surface area contributed by atoms with Crippen LogP contribution < -0.4 is 5.32 Å². The smallest absolute Gasteiger partial charge is 0.272 e. The van der Waals surface area contributed by atoms with Crippen molar-refractivity contribution in [1.82, 2.24) is 19.8 Å². The van der Waals surface area contributed by atoms with Gasteiger partial charge in [-0.05, 0) is 37.4 Å². The van der Waals surface area contributed by atoms with E-state index in [2.05, 4.69) is 32.1 Å². The number of aromatic amines is 1. The van der Waals surface area contributed by atoms with E-state index < -0.39 is 17.5 Å². The van der Waals surface area contributed by atoms with Crippen molar-refractivity contribution in [1.29, 1.82) is 0 Å². The van der Waals surface area contributed by atoms with Gasteiger partial charge in [-0.15, -0.1) is 0 Å².